The van der Waals surface area contributed by atoms with E-state index < -0.39 is 107 Å². The summed E-state index contributed by atoms with van der Waals surface area (Å²) in [4.78, 5) is 38.9. The minimum Gasteiger partial charge on any atom is -0.480 e. The Hall–Kier alpha value is -4.68. The lowest BCUT2D eigenvalue weighted by Gasteiger charge is -2.38. The summed E-state index contributed by atoms with van der Waals surface area (Å²) >= 11 is 0. The van der Waals surface area contributed by atoms with Crippen LogP contribution in [0.1, 0.15) is 56.2 Å². The topological polar surface area (TPSA) is 101 Å². The molecule has 0 saturated carbocycles. The van der Waals surface area contributed by atoms with Crippen LogP contribution in [0.3, 0.4) is 0 Å². The molecular formula is C32H26F11N3O5. The molecule has 1 amide bonds. The number of carbonyl (C=O) groups is 2. The number of fused-ring (bicyclic) bond motifs is 1. The standard InChI is InChI=1S/C32H26F11N3O5/c1-45-23(31(38,39)40)12-19(30(35,36)37)25(28(45)48)18-6-5-16-14(3-2-4-17(16)18)9-22(29(49)50)44-27(47)26-20(33)10-15(11-21(26)34)46-7-8-51-13-24(46)32(41,42)43/h2-4,10-12,18,22,24H,5-9,13H2,1H3,(H,44,47)(H,49,50)/t18-,22+,24-/m1/s1. The number of benzene rings is 2. The van der Waals surface area contributed by atoms with Crippen LogP contribution >= 0.6 is 0 Å². The summed E-state index contributed by atoms with van der Waals surface area (Å²) in [6, 6.07) is 0.670. The van der Waals surface area contributed by atoms with Crippen molar-refractivity contribution < 1.29 is 67.7 Å². The molecule has 0 radical (unpaired) electrons. The first-order chi connectivity index (χ1) is 23.6. The molecule has 276 valence electrons. The van der Waals surface area contributed by atoms with Crippen molar-refractivity contribution in [3.8, 4) is 0 Å². The van der Waals surface area contributed by atoms with Gasteiger partial charge >= 0.3 is 24.5 Å². The predicted octanol–water partition coefficient (Wildman–Crippen LogP) is 5.97. The molecule has 1 fully saturated rings. The quantitative estimate of drug-likeness (QED) is 0.290. The lowest BCUT2D eigenvalue weighted by Crippen LogP contribution is -2.53. The summed E-state index contributed by atoms with van der Waals surface area (Å²) in [6.07, 6.45) is -16.3. The van der Waals surface area contributed by atoms with E-state index in [1.807, 2.05) is 5.32 Å². The zero-order chi connectivity index (χ0) is 37.8. The third kappa shape index (κ3) is 7.38. The summed E-state index contributed by atoms with van der Waals surface area (Å²) in [5.74, 6) is -7.82. The van der Waals surface area contributed by atoms with Crippen molar-refractivity contribution in [1.29, 1.82) is 0 Å². The zero-order valence-corrected chi connectivity index (χ0v) is 26.1. The minimum atomic E-state index is -5.35. The number of pyridine rings is 1. The number of alkyl halides is 9. The number of hydrogen-bond donors (Lipinski definition) is 2. The molecule has 2 aliphatic rings. The number of halogens is 11. The highest BCUT2D eigenvalue weighted by atomic mass is 19.4. The van der Waals surface area contributed by atoms with E-state index in [0.29, 0.717) is 24.1 Å². The van der Waals surface area contributed by atoms with Crippen LogP contribution in [0.5, 0.6) is 0 Å². The molecule has 1 aliphatic carbocycles. The summed E-state index contributed by atoms with van der Waals surface area (Å²) in [5.41, 5.74) is -7.42. The van der Waals surface area contributed by atoms with Crippen LogP contribution in [0.25, 0.3) is 0 Å². The number of anilines is 1. The molecular weight excluding hydrogens is 715 g/mol. The average Bonchev–Trinajstić information content (AvgIpc) is 3.44. The van der Waals surface area contributed by atoms with Gasteiger partial charge in [-0.3, -0.25) is 9.59 Å². The average molecular weight is 742 g/mol. The van der Waals surface area contributed by atoms with Crippen molar-refractivity contribution in [2.24, 2.45) is 7.05 Å². The van der Waals surface area contributed by atoms with Gasteiger partial charge in [0.05, 0.1) is 18.8 Å². The number of carboxylic acids is 1. The van der Waals surface area contributed by atoms with E-state index in [9.17, 15) is 59.0 Å². The third-order valence-electron chi connectivity index (χ3n) is 8.90. The maximum Gasteiger partial charge on any atom is 0.431 e. The molecule has 51 heavy (non-hydrogen) atoms. The van der Waals surface area contributed by atoms with E-state index in [-0.39, 0.29) is 53.3 Å². The third-order valence-corrected chi connectivity index (χ3v) is 8.90. The number of aliphatic carboxylic acids is 1. The Kier molecular flexibility index (Phi) is 9.92. The first-order valence-corrected chi connectivity index (χ1v) is 15.0. The van der Waals surface area contributed by atoms with Crippen LogP contribution in [-0.4, -0.2) is 59.6 Å². The molecule has 2 heterocycles. The van der Waals surface area contributed by atoms with Gasteiger partial charge in [-0.05, 0) is 47.7 Å². The van der Waals surface area contributed by atoms with Gasteiger partial charge in [-0.25, -0.2) is 13.6 Å². The molecule has 0 bridgehead atoms. The highest BCUT2D eigenvalue weighted by Gasteiger charge is 2.46. The molecule has 19 heteroatoms. The Labute approximate surface area is 280 Å². The van der Waals surface area contributed by atoms with Crippen molar-refractivity contribution in [3.63, 3.8) is 0 Å². The van der Waals surface area contributed by atoms with E-state index in [1.54, 1.807) is 0 Å². The molecule has 8 nitrogen and oxygen atoms in total. The number of hydrogen-bond acceptors (Lipinski definition) is 5. The second kappa shape index (κ2) is 13.5. The number of nitrogens with one attached hydrogen (secondary N) is 1. The van der Waals surface area contributed by atoms with E-state index in [4.69, 9.17) is 4.74 Å². The van der Waals surface area contributed by atoms with Crippen LogP contribution < -0.4 is 15.8 Å². The SMILES string of the molecule is Cn1c(C(F)(F)F)cc(C(F)(F)F)c([C@@H]2CCc3c(C[C@H](NC(=O)c4c(F)cc(N5CCOC[C@@H]5C(F)(F)F)cc4F)C(=O)O)cccc32)c1=O. The first kappa shape index (κ1) is 37.6. The van der Waals surface area contributed by atoms with Crippen LogP contribution in [-0.2, 0) is 41.8 Å². The molecule has 3 aromatic rings. The van der Waals surface area contributed by atoms with Crippen LogP contribution in [0.15, 0.2) is 41.2 Å². The molecule has 1 aromatic heterocycles. The Balaban J connectivity index is 1.44. The fourth-order valence-corrected chi connectivity index (χ4v) is 6.56. The second-order valence-electron chi connectivity index (χ2n) is 12.0. The maximum atomic E-state index is 15.1. The first-order valence-electron chi connectivity index (χ1n) is 15.0. The number of aromatic nitrogens is 1. The van der Waals surface area contributed by atoms with E-state index in [2.05, 4.69) is 0 Å². The number of carboxylic acid groups (broad SMARTS) is 1. The Morgan fingerprint density at radius 2 is 1.65 bits per heavy atom. The van der Waals surface area contributed by atoms with Crippen molar-refractivity contribution in [2.75, 3.05) is 24.7 Å². The Bertz CT molecular complexity index is 1900. The molecule has 5 rings (SSSR count). The smallest absolute Gasteiger partial charge is 0.431 e. The van der Waals surface area contributed by atoms with Gasteiger partial charge in [-0.15, -0.1) is 0 Å². The molecule has 1 saturated heterocycles. The molecule has 2 N–H and O–H groups in total. The Morgan fingerprint density at radius 3 is 2.22 bits per heavy atom. The number of nitrogens with zero attached hydrogens (tertiary/aromatic N) is 2. The van der Waals surface area contributed by atoms with Crippen molar-refractivity contribution in [1.82, 2.24) is 9.88 Å². The minimum absolute atomic E-state index is 0.0525. The van der Waals surface area contributed by atoms with Gasteiger partial charge in [0.25, 0.3) is 11.5 Å². The monoisotopic (exact) mass is 741 g/mol. The van der Waals surface area contributed by atoms with Gasteiger partial charge in [-0.2, -0.15) is 39.5 Å². The molecule has 3 atom stereocenters. The number of rotatable bonds is 7. The molecule has 1 aliphatic heterocycles. The zero-order valence-electron chi connectivity index (χ0n) is 26.1. The fraction of sp³-hybridized carbons (Fsp3) is 0.406. The van der Waals surface area contributed by atoms with Gasteiger partial charge in [0, 0.05) is 37.2 Å². The number of amides is 1. The highest BCUT2D eigenvalue weighted by Crippen LogP contribution is 2.45. The lowest BCUT2D eigenvalue weighted by atomic mass is 9.88. The number of ether oxygens (including phenoxy) is 1. The number of morpholine rings is 1. The Morgan fingerprint density at radius 1 is 1.00 bits per heavy atom. The van der Waals surface area contributed by atoms with Gasteiger partial charge < -0.3 is 24.6 Å². The van der Waals surface area contributed by atoms with E-state index in [1.165, 1.54) is 18.2 Å². The van der Waals surface area contributed by atoms with Crippen LogP contribution in [0, 0.1) is 11.6 Å². The van der Waals surface area contributed by atoms with Crippen molar-refractivity contribution in [2.45, 2.75) is 55.8 Å². The molecule has 2 aromatic carbocycles. The number of carbonyl (C=O) groups excluding carboxylic acids is 1. The maximum absolute atomic E-state index is 15.1. The fourth-order valence-electron chi connectivity index (χ4n) is 6.56. The summed E-state index contributed by atoms with van der Waals surface area (Å²) in [5, 5.41) is 11.8. The van der Waals surface area contributed by atoms with Gasteiger partial charge in [0.15, 0.2) is 0 Å². The summed E-state index contributed by atoms with van der Waals surface area (Å²) < 4.78 is 158. The lowest BCUT2D eigenvalue weighted by molar-refractivity contribution is -0.167. The predicted molar refractivity (Wildman–Crippen MR) is 155 cm³/mol. The van der Waals surface area contributed by atoms with Gasteiger partial charge in [0.1, 0.15) is 35.0 Å². The van der Waals surface area contributed by atoms with Crippen molar-refractivity contribution in [3.05, 3.63) is 97.5 Å². The summed E-state index contributed by atoms with van der Waals surface area (Å²) in [6.45, 7) is -1.39. The highest BCUT2D eigenvalue weighted by molar-refractivity contribution is 5.97. The molecule has 0 unspecified atom stereocenters. The van der Waals surface area contributed by atoms with Gasteiger partial charge in [-0.1, -0.05) is 18.2 Å². The second-order valence-corrected chi connectivity index (χ2v) is 12.0. The van der Waals surface area contributed by atoms with E-state index >= 15 is 8.78 Å². The van der Waals surface area contributed by atoms with Gasteiger partial charge in [0.2, 0.25) is 0 Å². The summed E-state index contributed by atoms with van der Waals surface area (Å²) in [7, 11) is 0.683. The van der Waals surface area contributed by atoms with Crippen LogP contribution in [0.4, 0.5) is 54.0 Å². The van der Waals surface area contributed by atoms with E-state index in [0.717, 1.165) is 0 Å². The van der Waals surface area contributed by atoms with Crippen LogP contribution in [0.2, 0.25) is 0 Å². The largest absolute Gasteiger partial charge is 0.480 e. The molecule has 0 spiro atoms. The van der Waals surface area contributed by atoms with Crippen molar-refractivity contribution >= 4 is 17.6 Å². The normalized spacial score (nSPS) is 18.8.